The summed E-state index contributed by atoms with van der Waals surface area (Å²) in [6.07, 6.45) is 3.98. The molecule has 0 aliphatic heterocycles. The van der Waals surface area contributed by atoms with Crippen LogP contribution >= 0.6 is 0 Å². The van der Waals surface area contributed by atoms with Gasteiger partial charge in [-0.25, -0.2) is 0 Å². The lowest BCUT2D eigenvalue weighted by atomic mass is 9.87. The number of carbonyl (C=O) groups is 1. The summed E-state index contributed by atoms with van der Waals surface area (Å²) in [6, 6.07) is 14.4. The lowest BCUT2D eigenvalue weighted by Gasteiger charge is -2.22. The third kappa shape index (κ3) is 5.18. The second-order valence-electron chi connectivity index (χ2n) is 8.15. The molecule has 4 heteroatoms. The molecule has 29 heavy (non-hydrogen) atoms. The van der Waals surface area contributed by atoms with E-state index in [1.807, 2.05) is 12.1 Å². The molecule has 1 aliphatic rings. The lowest BCUT2D eigenvalue weighted by molar-refractivity contribution is 0.0914. The molecule has 0 bridgehead atoms. The van der Waals surface area contributed by atoms with Crippen LogP contribution in [0.1, 0.15) is 47.7 Å². The molecule has 2 atom stereocenters. The van der Waals surface area contributed by atoms with Gasteiger partial charge in [-0.1, -0.05) is 43.7 Å². The van der Waals surface area contributed by atoms with Gasteiger partial charge in [-0.15, -0.1) is 0 Å². The van der Waals surface area contributed by atoms with Gasteiger partial charge in [0.15, 0.2) is 17.3 Å². The van der Waals surface area contributed by atoms with Crippen LogP contribution in [0.3, 0.4) is 0 Å². The third-order valence-corrected chi connectivity index (χ3v) is 6.12. The van der Waals surface area contributed by atoms with E-state index >= 15 is 0 Å². The van der Waals surface area contributed by atoms with Gasteiger partial charge in [-0.2, -0.15) is 0 Å². The first kappa shape index (κ1) is 21.4. The van der Waals surface area contributed by atoms with Gasteiger partial charge in [-0.3, -0.25) is 4.79 Å². The summed E-state index contributed by atoms with van der Waals surface area (Å²) >= 11 is 0. The van der Waals surface area contributed by atoms with E-state index in [-0.39, 0.29) is 11.7 Å². The molecule has 0 fully saturated rings. The topological polar surface area (TPSA) is 38.8 Å². The highest BCUT2D eigenvalue weighted by Gasteiger charge is 2.33. The number of hydrogen-bond donors (Lipinski definition) is 0. The highest BCUT2D eigenvalue weighted by atomic mass is 16.5. The Hall–Kier alpha value is -2.33. The summed E-state index contributed by atoms with van der Waals surface area (Å²) in [7, 11) is 5.42. The van der Waals surface area contributed by atoms with Crippen LogP contribution in [0.4, 0.5) is 0 Å². The van der Waals surface area contributed by atoms with E-state index in [0.29, 0.717) is 17.4 Å². The van der Waals surface area contributed by atoms with Crippen LogP contribution in [0.2, 0.25) is 0 Å². The summed E-state index contributed by atoms with van der Waals surface area (Å²) in [5, 5.41) is 0. The van der Waals surface area contributed by atoms with Gasteiger partial charge in [0.05, 0.1) is 14.2 Å². The first-order valence-electron chi connectivity index (χ1n) is 10.6. The summed E-state index contributed by atoms with van der Waals surface area (Å²) in [4.78, 5) is 15.4. The number of ketones is 1. The van der Waals surface area contributed by atoms with Crippen LogP contribution < -0.4 is 9.47 Å². The van der Waals surface area contributed by atoms with Crippen molar-refractivity contribution in [3.05, 3.63) is 59.2 Å². The number of hydrogen-bond acceptors (Lipinski definition) is 4. The second kappa shape index (κ2) is 9.93. The molecule has 0 heterocycles. The average Bonchev–Trinajstić information content (AvgIpc) is 3.05. The minimum Gasteiger partial charge on any atom is -0.493 e. The molecule has 0 spiro atoms. The Balaban J connectivity index is 1.57. The monoisotopic (exact) mass is 395 g/mol. The van der Waals surface area contributed by atoms with Crippen molar-refractivity contribution in [2.24, 2.45) is 11.8 Å². The molecule has 1 aliphatic carbocycles. The predicted octanol–water partition coefficient (Wildman–Crippen LogP) is 5.00. The van der Waals surface area contributed by atoms with Crippen LogP contribution in [0.5, 0.6) is 11.5 Å². The van der Waals surface area contributed by atoms with Crippen LogP contribution in [-0.4, -0.2) is 38.5 Å². The minimum atomic E-state index is 0.0752. The smallest absolute Gasteiger partial charge is 0.166 e. The molecule has 1 unspecified atom stereocenters. The van der Waals surface area contributed by atoms with Crippen molar-refractivity contribution in [3.8, 4) is 11.5 Å². The van der Waals surface area contributed by atoms with Gasteiger partial charge in [0, 0.05) is 18.0 Å². The van der Waals surface area contributed by atoms with Crippen molar-refractivity contribution >= 4 is 5.78 Å². The van der Waals surface area contributed by atoms with Crippen LogP contribution in [0.15, 0.2) is 42.5 Å². The zero-order chi connectivity index (χ0) is 20.8. The van der Waals surface area contributed by atoms with Gasteiger partial charge in [0.1, 0.15) is 0 Å². The molecule has 156 valence electrons. The maximum Gasteiger partial charge on any atom is 0.166 e. The standard InChI is InChI=1S/C25H33NO3/c1-5-18(11-12-26(2)17-19-9-7-6-8-10-19)13-21-14-20-15-23(28-3)24(29-4)16-22(20)25(21)27/h6-10,15-16,18,21H,5,11-14,17H2,1-4H3/t18?,21-/m0/s1. The quantitative estimate of drug-likeness (QED) is 0.568. The zero-order valence-corrected chi connectivity index (χ0v) is 18.1. The molecule has 0 amide bonds. The Labute approximate surface area is 174 Å². The molecule has 0 saturated carbocycles. The molecular weight excluding hydrogens is 362 g/mol. The minimum absolute atomic E-state index is 0.0752. The van der Waals surface area contributed by atoms with Crippen LogP contribution in [0, 0.1) is 11.8 Å². The maximum absolute atomic E-state index is 13.0. The van der Waals surface area contributed by atoms with Crippen molar-refractivity contribution in [1.29, 1.82) is 0 Å². The van der Waals surface area contributed by atoms with Crippen molar-refractivity contribution in [2.75, 3.05) is 27.8 Å². The highest BCUT2D eigenvalue weighted by Crippen LogP contribution is 2.39. The van der Waals surface area contributed by atoms with E-state index in [9.17, 15) is 4.79 Å². The van der Waals surface area contributed by atoms with Crippen molar-refractivity contribution < 1.29 is 14.3 Å². The Kier molecular flexibility index (Phi) is 7.32. The molecule has 2 aromatic rings. The fourth-order valence-electron chi connectivity index (χ4n) is 4.36. The van der Waals surface area contributed by atoms with E-state index in [1.54, 1.807) is 14.2 Å². The Morgan fingerprint density at radius 3 is 2.45 bits per heavy atom. The van der Waals surface area contributed by atoms with Gasteiger partial charge in [0.25, 0.3) is 0 Å². The number of methoxy groups -OCH3 is 2. The van der Waals surface area contributed by atoms with Crippen molar-refractivity contribution in [1.82, 2.24) is 4.90 Å². The molecule has 0 saturated heterocycles. The van der Waals surface area contributed by atoms with E-state index < -0.39 is 0 Å². The van der Waals surface area contributed by atoms with Gasteiger partial charge < -0.3 is 14.4 Å². The van der Waals surface area contributed by atoms with E-state index in [1.165, 1.54) is 5.56 Å². The number of fused-ring (bicyclic) bond motifs is 1. The largest absolute Gasteiger partial charge is 0.493 e. The number of nitrogens with zero attached hydrogens (tertiary/aromatic N) is 1. The van der Waals surface area contributed by atoms with Gasteiger partial charge in [0.2, 0.25) is 0 Å². The van der Waals surface area contributed by atoms with Crippen molar-refractivity contribution in [3.63, 3.8) is 0 Å². The first-order chi connectivity index (χ1) is 14.0. The summed E-state index contributed by atoms with van der Waals surface area (Å²) in [6.45, 7) is 4.24. The number of carbonyl (C=O) groups excluding carboxylic acids is 1. The average molecular weight is 396 g/mol. The predicted molar refractivity (Wildman–Crippen MR) is 117 cm³/mol. The molecule has 0 radical (unpaired) electrons. The van der Waals surface area contributed by atoms with Crippen LogP contribution in [0.25, 0.3) is 0 Å². The van der Waals surface area contributed by atoms with Crippen LogP contribution in [-0.2, 0) is 13.0 Å². The first-order valence-corrected chi connectivity index (χ1v) is 10.6. The molecule has 4 nitrogen and oxygen atoms in total. The molecular formula is C25H33NO3. The maximum atomic E-state index is 13.0. The summed E-state index contributed by atoms with van der Waals surface area (Å²) in [5.74, 6) is 2.23. The molecule has 3 rings (SSSR count). The second-order valence-corrected chi connectivity index (χ2v) is 8.15. The van der Waals surface area contributed by atoms with E-state index in [4.69, 9.17) is 9.47 Å². The number of rotatable bonds is 10. The Morgan fingerprint density at radius 1 is 1.10 bits per heavy atom. The molecule has 0 N–H and O–H groups in total. The highest BCUT2D eigenvalue weighted by molar-refractivity contribution is 6.02. The summed E-state index contributed by atoms with van der Waals surface area (Å²) < 4.78 is 10.8. The summed E-state index contributed by atoms with van der Waals surface area (Å²) in [5.41, 5.74) is 3.24. The molecule has 2 aromatic carbocycles. The normalized spacial score (nSPS) is 16.7. The third-order valence-electron chi connectivity index (χ3n) is 6.12. The number of benzene rings is 2. The van der Waals surface area contributed by atoms with Gasteiger partial charge >= 0.3 is 0 Å². The van der Waals surface area contributed by atoms with Crippen molar-refractivity contribution in [2.45, 2.75) is 39.2 Å². The SMILES string of the molecule is CCC(CCN(C)Cc1ccccc1)C[C@H]1Cc2cc(OC)c(OC)cc2C1=O. The Bertz CT molecular complexity index is 818. The lowest BCUT2D eigenvalue weighted by Crippen LogP contribution is -2.23. The van der Waals surface area contributed by atoms with Gasteiger partial charge in [-0.05, 0) is 62.0 Å². The van der Waals surface area contributed by atoms with E-state index in [2.05, 4.69) is 49.2 Å². The zero-order valence-electron chi connectivity index (χ0n) is 18.1. The number of Topliss-reactive ketones (excluding diaryl/α,β-unsaturated/α-hetero) is 1. The number of ether oxygens (including phenoxy) is 2. The van der Waals surface area contributed by atoms with E-state index in [0.717, 1.165) is 49.9 Å². The molecule has 0 aromatic heterocycles. The fraction of sp³-hybridized carbons (Fsp3) is 0.480. The Morgan fingerprint density at radius 2 is 1.79 bits per heavy atom. The fourth-order valence-corrected chi connectivity index (χ4v) is 4.36.